The smallest absolute Gasteiger partial charge is 0.224 e. The number of nitrogen functional groups attached to an aromatic ring is 2. The predicted octanol–water partition coefficient (Wildman–Crippen LogP) is -2.05. The molecule has 0 aliphatic carbocycles. The summed E-state index contributed by atoms with van der Waals surface area (Å²) in [6.07, 6.45) is -3.37. The van der Waals surface area contributed by atoms with Crippen LogP contribution in [0.1, 0.15) is 12.6 Å². The van der Waals surface area contributed by atoms with E-state index in [-0.39, 0.29) is 23.8 Å². The Bertz CT molecular complexity index is 646. The Labute approximate surface area is 112 Å². The summed E-state index contributed by atoms with van der Waals surface area (Å²) in [7, 11) is 0. The number of imidazole rings is 1. The minimum atomic E-state index is -1.24. The molecule has 0 bridgehead atoms. The molecule has 10 heteroatoms. The molecule has 0 amide bonds. The van der Waals surface area contributed by atoms with E-state index in [1.807, 2.05) is 0 Å². The summed E-state index contributed by atoms with van der Waals surface area (Å²) in [6.45, 7) is 0. The van der Waals surface area contributed by atoms with E-state index < -0.39 is 24.7 Å². The summed E-state index contributed by atoms with van der Waals surface area (Å²) in [5.74, 6) is 0.0424. The molecule has 1 saturated heterocycles. The lowest BCUT2D eigenvalue weighted by atomic mass is 10.1. The van der Waals surface area contributed by atoms with Gasteiger partial charge in [0.1, 0.15) is 11.6 Å². The molecule has 20 heavy (non-hydrogen) atoms. The summed E-state index contributed by atoms with van der Waals surface area (Å²) in [5, 5.41) is 29.2. The Morgan fingerprint density at radius 2 is 2.00 bits per heavy atom. The summed E-state index contributed by atoms with van der Waals surface area (Å²) in [6, 6.07) is 0. The molecule has 1 aliphatic rings. The fourth-order valence-corrected chi connectivity index (χ4v) is 2.21. The molecule has 2 unspecified atom stereocenters. The molecule has 0 spiro atoms. The monoisotopic (exact) mass is 282 g/mol. The van der Waals surface area contributed by atoms with Gasteiger partial charge in [0.2, 0.25) is 5.95 Å². The van der Waals surface area contributed by atoms with Crippen molar-refractivity contribution in [1.82, 2.24) is 19.5 Å². The summed E-state index contributed by atoms with van der Waals surface area (Å²) >= 11 is 0. The number of nitrogens with two attached hydrogens (primary N) is 2. The Balaban J connectivity index is 2.09. The van der Waals surface area contributed by atoms with E-state index in [0.29, 0.717) is 5.52 Å². The second-order valence-electron chi connectivity index (χ2n) is 4.57. The van der Waals surface area contributed by atoms with Gasteiger partial charge in [-0.1, -0.05) is 0 Å². The Kier molecular flexibility index (Phi) is 2.94. The minimum absolute atomic E-state index is 0.0526. The van der Waals surface area contributed by atoms with Crippen LogP contribution in [-0.2, 0) is 4.74 Å². The fourth-order valence-electron chi connectivity index (χ4n) is 2.21. The zero-order chi connectivity index (χ0) is 14.4. The normalized spacial score (nSPS) is 30.8. The number of aliphatic hydroxyl groups is 3. The number of aliphatic hydroxyl groups excluding tert-OH is 3. The molecule has 108 valence electrons. The van der Waals surface area contributed by atoms with Gasteiger partial charge in [0.05, 0.1) is 12.4 Å². The molecule has 1 fully saturated rings. The molecule has 0 aromatic carbocycles. The first kappa shape index (κ1) is 13.0. The molecule has 1 aliphatic heterocycles. The number of hydrogen-bond donors (Lipinski definition) is 5. The van der Waals surface area contributed by atoms with Crippen molar-refractivity contribution in [2.75, 3.05) is 11.5 Å². The summed E-state index contributed by atoms with van der Waals surface area (Å²) in [5.41, 5.74) is 11.8. The lowest BCUT2D eigenvalue weighted by Gasteiger charge is -2.35. The maximum atomic E-state index is 9.98. The Hall–Kier alpha value is -2.01. The first-order valence-corrected chi connectivity index (χ1v) is 5.92. The molecular weight excluding hydrogens is 268 g/mol. The largest absolute Gasteiger partial charge is 0.390 e. The highest BCUT2D eigenvalue weighted by molar-refractivity contribution is 5.82. The summed E-state index contributed by atoms with van der Waals surface area (Å²) in [4.78, 5) is 11.8. The van der Waals surface area contributed by atoms with Crippen molar-refractivity contribution in [3.05, 3.63) is 6.33 Å². The number of ether oxygens (including phenoxy) is 1. The average molecular weight is 282 g/mol. The highest BCUT2D eigenvalue weighted by Gasteiger charge is 2.38. The fraction of sp³-hybridized carbons (Fsp3) is 0.500. The highest BCUT2D eigenvalue weighted by atomic mass is 16.6. The molecule has 2 aromatic heterocycles. The van der Waals surface area contributed by atoms with Gasteiger partial charge in [-0.25, -0.2) is 4.98 Å². The molecule has 0 radical (unpaired) electrons. The molecule has 0 saturated carbocycles. The second-order valence-corrected chi connectivity index (χ2v) is 4.57. The first-order valence-electron chi connectivity index (χ1n) is 5.92. The number of rotatable bonds is 1. The topological polar surface area (TPSA) is 166 Å². The predicted molar refractivity (Wildman–Crippen MR) is 66.9 cm³/mol. The number of nitrogens with zero attached hydrogens (tertiary/aromatic N) is 4. The highest BCUT2D eigenvalue weighted by Crippen LogP contribution is 2.30. The van der Waals surface area contributed by atoms with Gasteiger partial charge in [-0.2, -0.15) is 9.97 Å². The maximum absolute atomic E-state index is 9.98. The third kappa shape index (κ3) is 1.94. The van der Waals surface area contributed by atoms with Crippen LogP contribution >= 0.6 is 0 Å². The molecular formula is C10H14N6O4. The van der Waals surface area contributed by atoms with Gasteiger partial charge < -0.3 is 31.5 Å². The zero-order valence-corrected chi connectivity index (χ0v) is 10.3. The van der Waals surface area contributed by atoms with Gasteiger partial charge in [-0.05, 0) is 0 Å². The van der Waals surface area contributed by atoms with Crippen LogP contribution in [0.2, 0.25) is 0 Å². The van der Waals surface area contributed by atoms with Crippen molar-refractivity contribution in [2.24, 2.45) is 0 Å². The minimum Gasteiger partial charge on any atom is -0.390 e. The third-order valence-electron chi connectivity index (χ3n) is 3.17. The van der Waals surface area contributed by atoms with E-state index in [1.54, 1.807) is 0 Å². The van der Waals surface area contributed by atoms with E-state index in [2.05, 4.69) is 15.0 Å². The van der Waals surface area contributed by atoms with Gasteiger partial charge in [0, 0.05) is 6.42 Å². The lowest BCUT2D eigenvalue weighted by molar-refractivity contribution is -0.255. The first-order chi connectivity index (χ1) is 9.47. The van der Waals surface area contributed by atoms with Crippen molar-refractivity contribution in [3.8, 4) is 0 Å². The van der Waals surface area contributed by atoms with E-state index in [0.717, 1.165) is 0 Å². The van der Waals surface area contributed by atoms with Crippen LogP contribution in [0.25, 0.3) is 11.2 Å². The van der Waals surface area contributed by atoms with Crippen LogP contribution in [0, 0.1) is 0 Å². The van der Waals surface area contributed by atoms with Crippen molar-refractivity contribution in [2.45, 2.75) is 31.1 Å². The average Bonchev–Trinajstić information content (AvgIpc) is 2.77. The SMILES string of the molecule is Nc1nc(N)c2ncn(C3OC(O)C[C@H](O)[C@@H]3O)c2n1. The number of anilines is 2. The van der Waals surface area contributed by atoms with Crippen LogP contribution in [0.15, 0.2) is 6.33 Å². The standard InChI is InChI=1S/C10H14N6O4/c11-7-5-8(15-10(12)14-7)16(2-13-5)9-6(19)3(17)1-4(18)20-9/h2-4,6,9,17-19H,1H2,(H4,11,12,14,15)/t3-,4?,6-,9?/m0/s1. The second kappa shape index (κ2) is 4.52. The zero-order valence-electron chi connectivity index (χ0n) is 10.3. The number of fused-ring (bicyclic) bond motifs is 1. The molecule has 2 aromatic rings. The van der Waals surface area contributed by atoms with E-state index >= 15 is 0 Å². The van der Waals surface area contributed by atoms with Crippen LogP contribution in [-0.4, -0.2) is 53.3 Å². The van der Waals surface area contributed by atoms with Gasteiger partial charge in [-0.3, -0.25) is 4.57 Å². The van der Waals surface area contributed by atoms with Crippen molar-refractivity contribution < 1.29 is 20.1 Å². The molecule has 7 N–H and O–H groups in total. The van der Waals surface area contributed by atoms with Gasteiger partial charge >= 0.3 is 0 Å². The molecule has 3 heterocycles. The van der Waals surface area contributed by atoms with Crippen molar-refractivity contribution >= 4 is 22.9 Å². The van der Waals surface area contributed by atoms with Crippen molar-refractivity contribution in [1.29, 1.82) is 0 Å². The number of aromatic nitrogens is 4. The lowest BCUT2D eigenvalue weighted by Crippen LogP contribution is -2.45. The van der Waals surface area contributed by atoms with E-state index in [4.69, 9.17) is 16.2 Å². The van der Waals surface area contributed by atoms with Gasteiger partial charge in [0.25, 0.3) is 0 Å². The Morgan fingerprint density at radius 1 is 1.25 bits per heavy atom. The molecule has 4 atom stereocenters. The molecule has 3 rings (SSSR count). The Morgan fingerprint density at radius 3 is 2.75 bits per heavy atom. The van der Waals surface area contributed by atoms with Crippen LogP contribution < -0.4 is 11.5 Å². The van der Waals surface area contributed by atoms with Crippen molar-refractivity contribution in [3.63, 3.8) is 0 Å². The third-order valence-corrected chi connectivity index (χ3v) is 3.17. The summed E-state index contributed by atoms with van der Waals surface area (Å²) < 4.78 is 6.57. The van der Waals surface area contributed by atoms with E-state index in [9.17, 15) is 15.3 Å². The maximum Gasteiger partial charge on any atom is 0.224 e. The van der Waals surface area contributed by atoms with Crippen LogP contribution in [0.3, 0.4) is 0 Å². The number of hydrogen-bond acceptors (Lipinski definition) is 9. The molecule has 10 nitrogen and oxygen atoms in total. The van der Waals surface area contributed by atoms with Crippen LogP contribution in [0.4, 0.5) is 11.8 Å². The quantitative estimate of drug-likeness (QED) is 0.395. The van der Waals surface area contributed by atoms with Gasteiger partial charge in [0.15, 0.2) is 24.0 Å². The van der Waals surface area contributed by atoms with E-state index in [1.165, 1.54) is 10.9 Å². The van der Waals surface area contributed by atoms with Gasteiger partial charge in [-0.15, -0.1) is 0 Å². The van der Waals surface area contributed by atoms with Crippen LogP contribution in [0.5, 0.6) is 0 Å².